The molecule has 7 heteroatoms. The standard InChI is InChI=1S/C13H21N5O2/c1-3-18-10(8-14-15-18)13(19)17-6-7-20-12-4-5-16(2)9-11(12)17/h8,11-12H,3-7,9H2,1-2H3/t11-,12+/m1/s1. The number of hydrogen-bond donors (Lipinski definition) is 0. The molecule has 2 fully saturated rings. The quantitative estimate of drug-likeness (QED) is 0.753. The highest BCUT2D eigenvalue weighted by Gasteiger charge is 2.39. The number of amides is 1. The number of aromatic nitrogens is 3. The second-order valence-electron chi connectivity index (χ2n) is 5.46. The number of carbonyl (C=O) groups is 1. The van der Waals surface area contributed by atoms with Gasteiger partial charge in [0.15, 0.2) is 0 Å². The zero-order chi connectivity index (χ0) is 14.1. The third-order valence-electron chi connectivity index (χ3n) is 4.18. The molecule has 3 rings (SSSR count). The van der Waals surface area contributed by atoms with Crippen molar-refractivity contribution in [2.75, 3.05) is 33.3 Å². The van der Waals surface area contributed by atoms with Crippen LogP contribution in [0.25, 0.3) is 0 Å². The Hall–Kier alpha value is -1.47. The van der Waals surface area contributed by atoms with E-state index in [-0.39, 0.29) is 18.1 Å². The molecule has 2 saturated heterocycles. The lowest BCUT2D eigenvalue weighted by molar-refractivity contribution is -0.0872. The van der Waals surface area contributed by atoms with E-state index < -0.39 is 0 Å². The molecule has 0 unspecified atom stereocenters. The van der Waals surface area contributed by atoms with Gasteiger partial charge in [-0.05, 0) is 20.4 Å². The van der Waals surface area contributed by atoms with Crippen LogP contribution >= 0.6 is 0 Å². The Morgan fingerprint density at radius 1 is 1.50 bits per heavy atom. The van der Waals surface area contributed by atoms with E-state index in [1.54, 1.807) is 10.9 Å². The van der Waals surface area contributed by atoms with Crippen LogP contribution < -0.4 is 0 Å². The van der Waals surface area contributed by atoms with Crippen LogP contribution in [-0.2, 0) is 11.3 Å². The Balaban J connectivity index is 1.82. The predicted octanol–water partition coefficient (Wildman–Crippen LogP) is -0.157. The summed E-state index contributed by atoms with van der Waals surface area (Å²) >= 11 is 0. The van der Waals surface area contributed by atoms with Crippen molar-refractivity contribution in [1.82, 2.24) is 24.8 Å². The monoisotopic (exact) mass is 279 g/mol. The van der Waals surface area contributed by atoms with Crippen molar-refractivity contribution in [3.8, 4) is 0 Å². The smallest absolute Gasteiger partial charge is 0.274 e. The van der Waals surface area contributed by atoms with Gasteiger partial charge in [-0.2, -0.15) is 0 Å². The summed E-state index contributed by atoms with van der Waals surface area (Å²) in [6.07, 6.45) is 2.70. The molecular weight excluding hydrogens is 258 g/mol. The zero-order valence-corrected chi connectivity index (χ0v) is 12.0. The molecule has 2 aliphatic heterocycles. The van der Waals surface area contributed by atoms with Crippen LogP contribution in [0.4, 0.5) is 0 Å². The topological polar surface area (TPSA) is 63.5 Å². The number of aryl methyl sites for hydroxylation is 1. The summed E-state index contributed by atoms with van der Waals surface area (Å²) in [5.41, 5.74) is 0.571. The molecule has 1 amide bonds. The zero-order valence-electron chi connectivity index (χ0n) is 12.0. The predicted molar refractivity (Wildman–Crippen MR) is 72.4 cm³/mol. The third kappa shape index (κ3) is 2.31. The van der Waals surface area contributed by atoms with Gasteiger partial charge in [0.05, 0.1) is 24.9 Å². The summed E-state index contributed by atoms with van der Waals surface area (Å²) in [7, 11) is 2.09. The van der Waals surface area contributed by atoms with Gasteiger partial charge in [-0.1, -0.05) is 5.21 Å². The van der Waals surface area contributed by atoms with Crippen LogP contribution in [0.1, 0.15) is 23.8 Å². The van der Waals surface area contributed by atoms with E-state index in [2.05, 4.69) is 22.3 Å². The summed E-state index contributed by atoms with van der Waals surface area (Å²) in [4.78, 5) is 16.9. The molecule has 110 valence electrons. The summed E-state index contributed by atoms with van der Waals surface area (Å²) in [5, 5.41) is 7.80. The number of piperidine rings is 1. The maximum atomic E-state index is 12.8. The van der Waals surface area contributed by atoms with E-state index in [1.165, 1.54) is 0 Å². The molecule has 7 nitrogen and oxygen atoms in total. The second-order valence-corrected chi connectivity index (χ2v) is 5.46. The first-order valence-corrected chi connectivity index (χ1v) is 7.20. The lowest BCUT2D eigenvalue weighted by Gasteiger charge is -2.46. The number of morpholine rings is 1. The van der Waals surface area contributed by atoms with Crippen molar-refractivity contribution in [2.24, 2.45) is 0 Å². The van der Waals surface area contributed by atoms with Crippen molar-refractivity contribution in [3.05, 3.63) is 11.9 Å². The molecular formula is C13H21N5O2. The van der Waals surface area contributed by atoms with Gasteiger partial charge in [-0.15, -0.1) is 5.10 Å². The van der Waals surface area contributed by atoms with E-state index in [0.717, 1.165) is 19.5 Å². The highest BCUT2D eigenvalue weighted by molar-refractivity contribution is 5.92. The highest BCUT2D eigenvalue weighted by atomic mass is 16.5. The molecule has 0 radical (unpaired) electrons. The third-order valence-corrected chi connectivity index (χ3v) is 4.18. The van der Waals surface area contributed by atoms with Gasteiger partial charge in [0.1, 0.15) is 5.69 Å². The van der Waals surface area contributed by atoms with E-state index in [4.69, 9.17) is 4.74 Å². The van der Waals surface area contributed by atoms with Gasteiger partial charge < -0.3 is 14.5 Å². The van der Waals surface area contributed by atoms with Gasteiger partial charge in [0, 0.05) is 26.2 Å². The van der Waals surface area contributed by atoms with E-state index in [9.17, 15) is 4.79 Å². The molecule has 20 heavy (non-hydrogen) atoms. The maximum absolute atomic E-state index is 12.8. The number of fused-ring (bicyclic) bond motifs is 1. The molecule has 3 heterocycles. The average Bonchev–Trinajstić information content (AvgIpc) is 2.94. The van der Waals surface area contributed by atoms with Crippen LogP contribution in [0, 0.1) is 0 Å². The van der Waals surface area contributed by atoms with Crippen LogP contribution in [0.3, 0.4) is 0 Å². The SMILES string of the molecule is CCn1nncc1C(=O)N1CCO[C@H]2CCN(C)C[C@H]21. The highest BCUT2D eigenvalue weighted by Crippen LogP contribution is 2.23. The number of rotatable bonds is 2. The van der Waals surface area contributed by atoms with Crippen LogP contribution in [0.5, 0.6) is 0 Å². The lowest BCUT2D eigenvalue weighted by atomic mass is 9.99. The summed E-state index contributed by atoms with van der Waals surface area (Å²) in [6, 6.07) is 0.134. The molecule has 2 atom stereocenters. The van der Waals surface area contributed by atoms with Gasteiger partial charge in [0.25, 0.3) is 5.91 Å². The van der Waals surface area contributed by atoms with Crippen molar-refractivity contribution < 1.29 is 9.53 Å². The maximum Gasteiger partial charge on any atom is 0.274 e. The fourth-order valence-electron chi connectivity index (χ4n) is 3.09. The Bertz CT molecular complexity index is 489. The minimum Gasteiger partial charge on any atom is -0.374 e. The van der Waals surface area contributed by atoms with Crippen LogP contribution in [-0.4, -0.2) is 76.1 Å². The Morgan fingerprint density at radius 3 is 3.15 bits per heavy atom. The van der Waals surface area contributed by atoms with Crippen molar-refractivity contribution in [1.29, 1.82) is 0 Å². The normalized spacial score (nSPS) is 27.4. The summed E-state index contributed by atoms with van der Waals surface area (Å²) in [5.74, 6) is 0.0189. The van der Waals surface area contributed by atoms with E-state index in [1.807, 2.05) is 11.8 Å². The molecule has 1 aromatic heterocycles. The summed E-state index contributed by atoms with van der Waals surface area (Å²) < 4.78 is 7.48. The van der Waals surface area contributed by atoms with Crippen molar-refractivity contribution in [3.63, 3.8) is 0 Å². The van der Waals surface area contributed by atoms with Crippen molar-refractivity contribution in [2.45, 2.75) is 32.0 Å². The van der Waals surface area contributed by atoms with E-state index >= 15 is 0 Å². The molecule has 0 N–H and O–H groups in total. The summed E-state index contributed by atoms with van der Waals surface area (Å²) in [6.45, 7) is 5.76. The van der Waals surface area contributed by atoms with Crippen LogP contribution in [0.2, 0.25) is 0 Å². The molecule has 0 bridgehead atoms. The van der Waals surface area contributed by atoms with Gasteiger partial charge >= 0.3 is 0 Å². The average molecular weight is 279 g/mol. The fourth-order valence-corrected chi connectivity index (χ4v) is 3.09. The first-order valence-electron chi connectivity index (χ1n) is 7.20. The number of nitrogens with zero attached hydrogens (tertiary/aromatic N) is 5. The fraction of sp³-hybridized carbons (Fsp3) is 0.769. The molecule has 0 spiro atoms. The van der Waals surface area contributed by atoms with Gasteiger partial charge in [-0.25, -0.2) is 4.68 Å². The Kier molecular flexibility index (Phi) is 3.71. The number of likely N-dealkylation sites (tertiary alicyclic amines) is 1. The molecule has 0 saturated carbocycles. The number of carbonyl (C=O) groups excluding carboxylic acids is 1. The molecule has 0 aliphatic carbocycles. The lowest BCUT2D eigenvalue weighted by Crippen LogP contribution is -2.61. The minimum absolute atomic E-state index is 0.0189. The number of hydrogen-bond acceptors (Lipinski definition) is 5. The van der Waals surface area contributed by atoms with E-state index in [0.29, 0.717) is 25.4 Å². The first-order chi connectivity index (χ1) is 9.70. The number of ether oxygens (including phenoxy) is 1. The first kappa shape index (κ1) is 13.5. The second kappa shape index (κ2) is 5.49. The molecule has 0 aromatic carbocycles. The molecule has 2 aliphatic rings. The Labute approximate surface area is 118 Å². The Morgan fingerprint density at radius 2 is 2.35 bits per heavy atom. The van der Waals surface area contributed by atoms with Gasteiger partial charge in [-0.3, -0.25) is 4.79 Å². The minimum atomic E-state index is 0.0189. The largest absolute Gasteiger partial charge is 0.374 e. The molecule has 1 aromatic rings. The van der Waals surface area contributed by atoms with Crippen LogP contribution in [0.15, 0.2) is 6.20 Å². The number of likely N-dealkylation sites (N-methyl/N-ethyl adjacent to an activating group) is 1. The van der Waals surface area contributed by atoms with Crippen molar-refractivity contribution >= 4 is 5.91 Å². The van der Waals surface area contributed by atoms with Gasteiger partial charge in [0.2, 0.25) is 0 Å².